The third kappa shape index (κ3) is 5.39. The maximum Gasteiger partial charge on any atom is 0.243 e. The predicted molar refractivity (Wildman–Crippen MR) is 125 cm³/mol. The Hall–Kier alpha value is -2.23. The lowest BCUT2D eigenvalue weighted by atomic mass is 10.2. The molecule has 4 rings (SSSR count). The van der Waals surface area contributed by atoms with Gasteiger partial charge in [-0.1, -0.05) is 6.42 Å². The summed E-state index contributed by atoms with van der Waals surface area (Å²) in [6.45, 7) is 4.21. The molecule has 1 atom stereocenters. The largest absolute Gasteiger partial charge is 0.490 e. The fourth-order valence-corrected chi connectivity index (χ4v) is 6.10. The summed E-state index contributed by atoms with van der Waals surface area (Å²) in [6.07, 6.45) is 3.70. The second-order valence-electron chi connectivity index (χ2n) is 7.90. The van der Waals surface area contributed by atoms with E-state index in [-0.39, 0.29) is 16.1 Å². The summed E-state index contributed by atoms with van der Waals surface area (Å²) >= 11 is 1.43. The molecule has 32 heavy (non-hydrogen) atoms. The zero-order chi connectivity index (χ0) is 22.6. The Morgan fingerprint density at radius 2 is 1.66 bits per heavy atom. The van der Waals surface area contributed by atoms with Gasteiger partial charge in [0.2, 0.25) is 15.9 Å². The minimum Gasteiger partial charge on any atom is -0.490 e. The molecule has 0 bridgehead atoms. The molecule has 9 heteroatoms. The lowest BCUT2D eigenvalue weighted by molar-refractivity contribution is -0.115. The monoisotopic (exact) mass is 476 g/mol. The van der Waals surface area contributed by atoms with Crippen LogP contribution in [0.1, 0.15) is 32.6 Å². The number of piperidine rings is 1. The van der Waals surface area contributed by atoms with E-state index in [9.17, 15) is 13.2 Å². The summed E-state index contributed by atoms with van der Waals surface area (Å²) in [6, 6.07) is 12.1. The third-order valence-corrected chi connectivity index (χ3v) is 8.48. The molecule has 172 valence electrons. The summed E-state index contributed by atoms with van der Waals surface area (Å²) in [7, 11) is -3.48. The van der Waals surface area contributed by atoms with E-state index < -0.39 is 10.0 Å². The number of fused-ring (bicyclic) bond motifs is 1. The number of thioether (sulfide) groups is 1. The molecule has 1 fully saturated rings. The minimum absolute atomic E-state index is 0.159. The van der Waals surface area contributed by atoms with Crippen LogP contribution in [0, 0.1) is 0 Å². The number of hydrogen-bond donors (Lipinski definition) is 1. The second-order valence-corrected chi connectivity index (χ2v) is 11.2. The van der Waals surface area contributed by atoms with Crippen LogP contribution in [0.5, 0.6) is 11.5 Å². The van der Waals surface area contributed by atoms with Gasteiger partial charge in [0.05, 0.1) is 23.4 Å². The molecule has 2 heterocycles. The van der Waals surface area contributed by atoms with Gasteiger partial charge in [-0.05, 0) is 62.2 Å². The molecule has 7 nitrogen and oxygen atoms in total. The van der Waals surface area contributed by atoms with Crippen LogP contribution in [0.4, 0.5) is 5.69 Å². The number of amides is 1. The number of nitrogens with zero attached hydrogens (tertiary/aromatic N) is 1. The van der Waals surface area contributed by atoms with Crippen LogP contribution in [-0.2, 0) is 14.8 Å². The van der Waals surface area contributed by atoms with Crippen molar-refractivity contribution in [2.45, 2.75) is 47.6 Å². The van der Waals surface area contributed by atoms with Crippen molar-refractivity contribution in [3.63, 3.8) is 0 Å². The fourth-order valence-electron chi connectivity index (χ4n) is 3.68. The van der Waals surface area contributed by atoms with Crippen LogP contribution in [-0.4, -0.2) is 50.2 Å². The van der Waals surface area contributed by atoms with Crippen molar-refractivity contribution in [3.05, 3.63) is 42.5 Å². The van der Waals surface area contributed by atoms with E-state index in [0.717, 1.165) is 36.3 Å². The molecule has 0 saturated carbocycles. The molecule has 2 aliphatic heterocycles. The van der Waals surface area contributed by atoms with Gasteiger partial charge in [-0.2, -0.15) is 4.31 Å². The Labute approximate surface area is 193 Å². The first-order valence-electron chi connectivity index (χ1n) is 10.9. The normalized spacial score (nSPS) is 17.9. The smallest absolute Gasteiger partial charge is 0.243 e. The number of rotatable bonds is 6. The van der Waals surface area contributed by atoms with E-state index in [1.54, 1.807) is 24.3 Å². The quantitative estimate of drug-likeness (QED) is 0.631. The Morgan fingerprint density at radius 1 is 0.969 bits per heavy atom. The standard InChI is InChI=1S/C23H28N2O5S2/c1-17(31-19-8-11-21-22(16-19)30-15-5-14-29-21)23(26)24-18-6-9-20(10-7-18)32(27,28)25-12-3-2-4-13-25/h6-11,16-17H,2-5,12-15H2,1H3,(H,24,26). The van der Waals surface area contributed by atoms with E-state index in [1.165, 1.54) is 16.1 Å². The van der Waals surface area contributed by atoms with Gasteiger partial charge < -0.3 is 14.8 Å². The minimum atomic E-state index is -3.48. The van der Waals surface area contributed by atoms with Crippen molar-refractivity contribution in [2.24, 2.45) is 0 Å². The van der Waals surface area contributed by atoms with Crippen molar-refractivity contribution in [2.75, 3.05) is 31.6 Å². The van der Waals surface area contributed by atoms with Crippen LogP contribution < -0.4 is 14.8 Å². The summed E-state index contributed by atoms with van der Waals surface area (Å²) in [5, 5.41) is 2.52. The molecule has 1 unspecified atom stereocenters. The Balaban J connectivity index is 1.37. The van der Waals surface area contributed by atoms with Crippen LogP contribution in [0.25, 0.3) is 0 Å². The highest BCUT2D eigenvalue weighted by molar-refractivity contribution is 8.00. The van der Waals surface area contributed by atoms with E-state index >= 15 is 0 Å². The van der Waals surface area contributed by atoms with Gasteiger partial charge in [0.1, 0.15) is 0 Å². The van der Waals surface area contributed by atoms with Gasteiger partial charge in [-0.15, -0.1) is 11.8 Å². The van der Waals surface area contributed by atoms with Crippen LogP contribution in [0.2, 0.25) is 0 Å². The number of nitrogens with one attached hydrogen (secondary N) is 1. The van der Waals surface area contributed by atoms with Gasteiger partial charge >= 0.3 is 0 Å². The number of hydrogen-bond acceptors (Lipinski definition) is 6. The van der Waals surface area contributed by atoms with Crippen molar-refractivity contribution in [3.8, 4) is 11.5 Å². The molecule has 0 aromatic heterocycles. The number of carbonyl (C=O) groups is 1. The lowest BCUT2D eigenvalue weighted by Gasteiger charge is -2.25. The molecular weight excluding hydrogens is 448 g/mol. The molecule has 2 aromatic carbocycles. The molecule has 0 radical (unpaired) electrons. The second kappa shape index (κ2) is 10.1. The predicted octanol–water partition coefficient (Wildman–Crippen LogP) is 4.14. The first-order chi connectivity index (χ1) is 15.4. The highest BCUT2D eigenvalue weighted by Crippen LogP contribution is 2.35. The summed E-state index contributed by atoms with van der Waals surface area (Å²) in [5.74, 6) is 1.27. The highest BCUT2D eigenvalue weighted by Gasteiger charge is 2.26. The van der Waals surface area contributed by atoms with Gasteiger partial charge in [-0.3, -0.25) is 4.79 Å². The first kappa shape index (κ1) is 22.9. The number of sulfonamides is 1. The zero-order valence-electron chi connectivity index (χ0n) is 18.1. The topological polar surface area (TPSA) is 84.9 Å². The van der Waals surface area contributed by atoms with Crippen LogP contribution in [0.15, 0.2) is 52.3 Å². The van der Waals surface area contributed by atoms with Crippen molar-refractivity contribution >= 4 is 33.4 Å². The maximum atomic E-state index is 12.8. The number of benzene rings is 2. The van der Waals surface area contributed by atoms with Gasteiger partial charge in [-0.25, -0.2) is 8.42 Å². The summed E-state index contributed by atoms with van der Waals surface area (Å²) in [5.41, 5.74) is 0.568. The molecule has 1 saturated heterocycles. The number of ether oxygens (including phenoxy) is 2. The van der Waals surface area contributed by atoms with E-state index in [2.05, 4.69) is 5.32 Å². The average Bonchev–Trinajstić information content (AvgIpc) is 3.05. The maximum absolute atomic E-state index is 12.8. The van der Waals surface area contributed by atoms with E-state index in [4.69, 9.17) is 9.47 Å². The van der Waals surface area contributed by atoms with Gasteiger partial charge in [0.15, 0.2) is 11.5 Å². The van der Waals surface area contributed by atoms with Gasteiger partial charge in [0, 0.05) is 30.1 Å². The van der Waals surface area contributed by atoms with Crippen molar-refractivity contribution < 1.29 is 22.7 Å². The molecular formula is C23H28N2O5S2. The lowest BCUT2D eigenvalue weighted by Crippen LogP contribution is -2.35. The SMILES string of the molecule is CC(Sc1ccc2c(c1)OCCCO2)C(=O)Nc1ccc(S(=O)(=O)N2CCCCC2)cc1. The van der Waals surface area contributed by atoms with E-state index in [0.29, 0.717) is 37.7 Å². The number of anilines is 1. The van der Waals surface area contributed by atoms with E-state index in [1.807, 2.05) is 25.1 Å². The zero-order valence-corrected chi connectivity index (χ0v) is 19.7. The average molecular weight is 477 g/mol. The highest BCUT2D eigenvalue weighted by atomic mass is 32.2. The van der Waals surface area contributed by atoms with Crippen LogP contribution in [0.3, 0.4) is 0 Å². The van der Waals surface area contributed by atoms with Crippen LogP contribution >= 0.6 is 11.8 Å². The third-order valence-electron chi connectivity index (χ3n) is 5.48. The Morgan fingerprint density at radius 3 is 2.38 bits per heavy atom. The molecule has 0 aliphatic carbocycles. The number of carbonyl (C=O) groups excluding carboxylic acids is 1. The molecule has 0 spiro atoms. The fraction of sp³-hybridized carbons (Fsp3) is 0.435. The van der Waals surface area contributed by atoms with Crippen molar-refractivity contribution in [1.29, 1.82) is 0 Å². The van der Waals surface area contributed by atoms with Gasteiger partial charge in [0.25, 0.3) is 0 Å². The van der Waals surface area contributed by atoms with Crippen molar-refractivity contribution in [1.82, 2.24) is 4.31 Å². The molecule has 2 aromatic rings. The summed E-state index contributed by atoms with van der Waals surface area (Å²) in [4.78, 5) is 13.8. The molecule has 1 N–H and O–H groups in total. The molecule has 2 aliphatic rings. The molecule has 1 amide bonds. The first-order valence-corrected chi connectivity index (χ1v) is 13.2. The Kier molecular flexibility index (Phi) is 7.27. The Bertz CT molecular complexity index is 1050. The summed E-state index contributed by atoms with van der Waals surface area (Å²) < 4.78 is 38.4.